The van der Waals surface area contributed by atoms with Gasteiger partial charge in [-0.3, -0.25) is 9.59 Å². The number of halogens is 1. The van der Waals surface area contributed by atoms with Gasteiger partial charge in [0, 0.05) is 23.6 Å². The molecule has 3 saturated carbocycles. The topological polar surface area (TPSA) is 66.8 Å². The molecule has 2 aliphatic heterocycles. The number of carbonyl (C=O) groups excluding carboxylic acids is 1. The van der Waals surface area contributed by atoms with Crippen molar-refractivity contribution in [2.45, 2.75) is 96.6 Å². The molecule has 1 aromatic carbocycles. The predicted octanol–water partition coefficient (Wildman–Crippen LogP) is 6.12. The number of carbonyl (C=O) groups is 2. The van der Waals surface area contributed by atoms with E-state index < -0.39 is 16.8 Å². The Morgan fingerprint density at radius 2 is 1.89 bits per heavy atom. The van der Waals surface area contributed by atoms with Crippen LogP contribution in [0, 0.1) is 16.7 Å². The fourth-order valence-electron chi connectivity index (χ4n) is 6.78. The number of aliphatic carboxylic acids is 1. The van der Waals surface area contributed by atoms with Gasteiger partial charge in [0.1, 0.15) is 0 Å². The van der Waals surface area contributed by atoms with Gasteiger partial charge in [-0.25, -0.2) is 0 Å². The van der Waals surface area contributed by atoms with Gasteiger partial charge in [-0.2, -0.15) is 0 Å². The van der Waals surface area contributed by atoms with E-state index in [1.54, 1.807) is 0 Å². The summed E-state index contributed by atoms with van der Waals surface area (Å²) in [6, 6.07) is 6.30. The molecule has 2 bridgehead atoms. The Balaban J connectivity index is 1.51. The number of amides is 1. The van der Waals surface area contributed by atoms with Crippen LogP contribution in [0.2, 0.25) is 5.02 Å². The molecule has 3 aliphatic carbocycles. The molecule has 0 radical (unpaired) electrons. The number of ether oxygens (including phenoxy) is 1. The van der Waals surface area contributed by atoms with E-state index in [2.05, 4.69) is 59.9 Å². The third kappa shape index (κ3) is 3.68. The fourth-order valence-corrected chi connectivity index (χ4v) is 7.05. The molecule has 1 aromatic rings. The first-order valence-electron chi connectivity index (χ1n) is 12.8. The number of aryl methyl sites for hydroxylation is 1. The lowest BCUT2D eigenvalue weighted by Gasteiger charge is -2.71. The molecule has 1 unspecified atom stereocenters. The van der Waals surface area contributed by atoms with Crippen LogP contribution >= 0.6 is 11.6 Å². The number of rotatable bonds is 5. The van der Waals surface area contributed by atoms with Crippen LogP contribution in [0.3, 0.4) is 0 Å². The molecule has 1 N–H and O–H groups in total. The molecular formula is C29H38ClNO4. The second kappa shape index (κ2) is 7.58. The number of fused-ring (bicyclic) bond motifs is 1. The summed E-state index contributed by atoms with van der Waals surface area (Å²) in [4.78, 5) is 27.2. The first kappa shape index (κ1) is 24.8. The van der Waals surface area contributed by atoms with Crippen LogP contribution in [0.1, 0.15) is 84.8 Å². The Hall–Kier alpha value is -1.85. The van der Waals surface area contributed by atoms with E-state index in [9.17, 15) is 14.7 Å². The standard InChI is InChI=1S/C29H38ClNO4/c1-18-21-13-31(28-14-27(15-28,16-28)24(33)34)23(32)12-29(21,17-35-26(18,5)6)20-8-7-19(22(30)11-20)9-10-25(2,3)4/h7-8,11,13,18H,9-10,12,14-17H2,1-6H3,(H,33,34)/t18?,27?,28?,29-/m0/s1. The zero-order valence-electron chi connectivity index (χ0n) is 21.8. The molecule has 2 atom stereocenters. The molecule has 6 heteroatoms. The first-order chi connectivity index (χ1) is 16.1. The predicted molar refractivity (Wildman–Crippen MR) is 136 cm³/mol. The van der Waals surface area contributed by atoms with Gasteiger partial charge >= 0.3 is 5.97 Å². The molecule has 5 nitrogen and oxygen atoms in total. The minimum Gasteiger partial charge on any atom is -0.481 e. The summed E-state index contributed by atoms with van der Waals surface area (Å²) in [6.45, 7) is 13.5. The van der Waals surface area contributed by atoms with Gasteiger partial charge in [-0.1, -0.05) is 51.4 Å². The number of carboxylic acids is 1. The third-order valence-electron chi connectivity index (χ3n) is 9.46. The monoisotopic (exact) mass is 499 g/mol. The van der Waals surface area contributed by atoms with Crippen LogP contribution in [0.4, 0.5) is 0 Å². The maximum atomic E-state index is 13.6. The molecule has 0 aromatic heterocycles. The molecule has 6 rings (SSSR count). The zero-order valence-corrected chi connectivity index (χ0v) is 22.6. The lowest BCUT2D eigenvalue weighted by atomic mass is 9.38. The van der Waals surface area contributed by atoms with Crippen molar-refractivity contribution in [3.05, 3.63) is 46.1 Å². The van der Waals surface area contributed by atoms with Crippen molar-refractivity contribution in [3.63, 3.8) is 0 Å². The Morgan fingerprint density at radius 3 is 2.46 bits per heavy atom. The second-order valence-electron chi connectivity index (χ2n) is 13.4. The Kier molecular flexibility index (Phi) is 5.38. The number of benzene rings is 1. The van der Waals surface area contributed by atoms with E-state index in [1.165, 1.54) is 5.57 Å². The molecule has 190 valence electrons. The van der Waals surface area contributed by atoms with E-state index in [4.69, 9.17) is 16.3 Å². The van der Waals surface area contributed by atoms with Gasteiger partial charge < -0.3 is 14.7 Å². The van der Waals surface area contributed by atoms with Gasteiger partial charge in [0.25, 0.3) is 0 Å². The van der Waals surface area contributed by atoms with E-state index >= 15 is 0 Å². The first-order valence-corrected chi connectivity index (χ1v) is 13.2. The Morgan fingerprint density at radius 1 is 1.23 bits per heavy atom. The summed E-state index contributed by atoms with van der Waals surface area (Å²) < 4.78 is 6.40. The van der Waals surface area contributed by atoms with E-state index in [-0.39, 0.29) is 28.4 Å². The molecule has 1 amide bonds. The van der Waals surface area contributed by atoms with Crippen molar-refractivity contribution in [1.82, 2.24) is 4.90 Å². The number of hydrogen-bond donors (Lipinski definition) is 1. The summed E-state index contributed by atoms with van der Waals surface area (Å²) in [5, 5.41) is 10.3. The highest BCUT2D eigenvalue weighted by Gasteiger charge is 2.75. The summed E-state index contributed by atoms with van der Waals surface area (Å²) in [5.41, 5.74) is 1.73. The summed E-state index contributed by atoms with van der Waals surface area (Å²) in [5.74, 6) is -0.588. The number of carboxylic acid groups (broad SMARTS) is 1. The van der Waals surface area contributed by atoms with E-state index in [1.807, 2.05) is 11.0 Å². The average Bonchev–Trinajstić information content (AvgIpc) is 2.68. The van der Waals surface area contributed by atoms with Crippen molar-refractivity contribution in [2.24, 2.45) is 16.7 Å². The normalized spacial score (nSPS) is 35.5. The minimum absolute atomic E-state index is 0.0517. The zero-order chi connectivity index (χ0) is 25.6. The van der Waals surface area contributed by atoms with Crippen molar-refractivity contribution >= 4 is 23.5 Å². The van der Waals surface area contributed by atoms with Gasteiger partial charge in [0.15, 0.2) is 0 Å². The van der Waals surface area contributed by atoms with Crippen molar-refractivity contribution < 1.29 is 19.4 Å². The number of nitrogens with zero attached hydrogens (tertiary/aromatic N) is 1. The minimum atomic E-state index is -0.729. The molecule has 0 spiro atoms. The lowest BCUT2D eigenvalue weighted by Crippen LogP contribution is -2.77. The highest BCUT2D eigenvalue weighted by molar-refractivity contribution is 6.31. The maximum absolute atomic E-state index is 13.6. The summed E-state index contributed by atoms with van der Waals surface area (Å²) >= 11 is 6.81. The smallest absolute Gasteiger partial charge is 0.309 e. The van der Waals surface area contributed by atoms with Gasteiger partial charge in [0.2, 0.25) is 5.91 Å². The van der Waals surface area contributed by atoms with Crippen molar-refractivity contribution in [2.75, 3.05) is 6.61 Å². The van der Waals surface area contributed by atoms with Crippen LogP contribution in [-0.2, 0) is 26.2 Å². The van der Waals surface area contributed by atoms with Crippen LogP contribution in [0.25, 0.3) is 0 Å². The Bertz CT molecular complexity index is 1110. The Labute approximate surface area is 213 Å². The molecule has 5 aliphatic rings. The second-order valence-corrected chi connectivity index (χ2v) is 13.8. The molecule has 2 heterocycles. The highest BCUT2D eigenvalue weighted by atomic mass is 35.5. The fraction of sp³-hybridized carbons (Fsp3) is 0.655. The van der Waals surface area contributed by atoms with Crippen LogP contribution in [0.5, 0.6) is 0 Å². The molecular weight excluding hydrogens is 462 g/mol. The summed E-state index contributed by atoms with van der Waals surface area (Å²) in [6.07, 6.45) is 6.01. The summed E-state index contributed by atoms with van der Waals surface area (Å²) in [7, 11) is 0. The molecule has 4 fully saturated rings. The maximum Gasteiger partial charge on any atom is 0.309 e. The molecule has 35 heavy (non-hydrogen) atoms. The molecule has 1 saturated heterocycles. The van der Waals surface area contributed by atoms with Crippen molar-refractivity contribution in [1.29, 1.82) is 0 Å². The largest absolute Gasteiger partial charge is 0.481 e. The SMILES string of the molecule is CC1C2=CN(C34CC(C(=O)O)(C3)C4)C(=O)C[C@@]2(c2ccc(CCC(C)(C)C)c(Cl)c2)COC1(C)C. The quantitative estimate of drug-likeness (QED) is 0.529. The van der Waals surface area contributed by atoms with E-state index in [0.717, 1.165) is 29.0 Å². The average molecular weight is 500 g/mol. The van der Waals surface area contributed by atoms with E-state index in [0.29, 0.717) is 32.3 Å². The lowest BCUT2D eigenvalue weighted by molar-refractivity contribution is -0.225. The highest BCUT2D eigenvalue weighted by Crippen LogP contribution is 2.71. The van der Waals surface area contributed by atoms with Gasteiger partial charge in [-0.15, -0.1) is 0 Å². The van der Waals surface area contributed by atoms with Crippen LogP contribution < -0.4 is 0 Å². The van der Waals surface area contributed by atoms with Crippen LogP contribution in [0.15, 0.2) is 30.0 Å². The van der Waals surface area contributed by atoms with Crippen LogP contribution in [-0.4, -0.2) is 39.6 Å². The number of hydrogen-bond acceptors (Lipinski definition) is 3. The van der Waals surface area contributed by atoms with Crippen molar-refractivity contribution in [3.8, 4) is 0 Å². The van der Waals surface area contributed by atoms with Gasteiger partial charge in [-0.05, 0) is 74.1 Å². The third-order valence-corrected chi connectivity index (χ3v) is 9.81. The van der Waals surface area contributed by atoms with Gasteiger partial charge in [0.05, 0.1) is 28.6 Å².